The first kappa shape index (κ1) is 17.3. The van der Waals surface area contributed by atoms with Gasteiger partial charge in [0.05, 0.1) is 12.0 Å². The van der Waals surface area contributed by atoms with E-state index >= 15 is 0 Å². The lowest BCUT2D eigenvalue weighted by Gasteiger charge is -2.33. The van der Waals surface area contributed by atoms with Crippen molar-refractivity contribution in [1.82, 2.24) is 5.48 Å². The van der Waals surface area contributed by atoms with Gasteiger partial charge < -0.3 is 4.90 Å². The molecule has 2 amide bonds. The largest absolute Gasteiger partial charge is 0.312 e. The molecule has 1 aliphatic heterocycles. The number of aryl methyl sites for hydroxylation is 1. The quantitative estimate of drug-likeness (QED) is 0.490. The van der Waals surface area contributed by atoms with Crippen molar-refractivity contribution in [1.29, 1.82) is 0 Å². The maximum atomic E-state index is 13.2. The van der Waals surface area contributed by atoms with Gasteiger partial charge in [0.2, 0.25) is 5.91 Å². The first-order chi connectivity index (χ1) is 13.1. The summed E-state index contributed by atoms with van der Waals surface area (Å²) in [6.45, 7) is 7.72. The van der Waals surface area contributed by atoms with Crippen LogP contribution in [-0.2, 0) is 17.6 Å². The van der Waals surface area contributed by atoms with Crippen LogP contribution in [-0.4, -0.2) is 23.6 Å². The standard InChI is InChI=1S/C21H19N3O3/c1-22-17-4-6-18(7-5-17)24-11-10-21(20(24)26)9-8-14-12-15(19(25)23-27)2-3-16(14)13-21/h2-7,12,27H,8-11,13H2,(H,23,25)/t21-/m1/s1. The van der Waals surface area contributed by atoms with Gasteiger partial charge in [0.25, 0.3) is 5.91 Å². The number of benzene rings is 2. The maximum Gasteiger partial charge on any atom is 0.274 e. The van der Waals surface area contributed by atoms with Crippen molar-refractivity contribution in [2.45, 2.75) is 25.7 Å². The minimum Gasteiger partial charge on any atom is -0.312 e. The number of carbonyl (C=O) groups is 2. The zero-order valence-corrected chi connectivity index (χ0v) is 14.7. The summed E-state index contributed by atoms with van der Waals surface area (Å²) in [5.74, 6) is -0.384. The molecular weight excluding hydrogens is 342 g/mol. The summed E-state index contributed by atoms with van der Waals surface area (Å²) < 4.78 is 0. The molecule has 1 saturated heterocycles. The first-order valence-corrected chi connectivity index (χ1v) is 8.92. The number of nitrogens with zero attached hydrogens (tertiary/aromatic N) is 2. The Morgan fingerprint density at radius 1 is 1.15 bits per heavy atom. The van der Waals surface area contributed by atoms with Gasteiger partial charge in [-0.15, -0.1) is 0 Å². The molecule has 1 fully saturated rings. The van der Waals surface area contributed by atoms with Gasteiger partial charge in [0, 0.05) is 17.8 Å². The molecular formula is C21H19N3O3. The van der Waals surface area contributed by atoms with Gasteiger partial charge >= 0.3 is 0 Å². The van der Waals surface area contributed by atoms with Gasteiger partial charge in [-0.05, 0) is 61.1 Å². The van der Waals surface area contributed by atoms with Crippen LogP contribution in [0.1, 0.15) is 34.3 Å². The molecule has 1 aliphatic carbocycles. The second-order valence-electron chi connectivity index (χ2n) is 7.22. The average Bonchev–Trinajstić information content (AvgIpc) is 3.02. The van der Waals surface area contributed by atoms with Crippen LogP contribution in [0.4, 0.5) is 11.4 Å². The molecule has 2 aromatic rings. The van der Waals surface area contributed by atoms with E-state index in [0.717, 1.165) is 36.1 Å². The molecule has 0 saturated carbocycles. The number of hydrogen-bond acceptors (Lipinski definition) is 3. The number of rotatable bonds is 2. The van der Waals surface area contributed by atoms with Crippen molar-refractivity contribution in [2.75, 3.05) is 11.4 Å². The number of carbonyl (C=O) groups excluding carboxylic acids is 2. The highest BCUT2D eigenvalue weighted by Gasteiger charge is 2.48. The molecule has 0 radical (unpaired) electrons. The van der Waals surface area contributed by atoms with E-state index in [1.165, 1.54) is 0 Å². The Kier molecular flexibility index (Phi) is 4.17. The number of hydroxylamine groups is 1. The number of amides is 2. The van der Waals surface area contributed by atoms with Crippen LogP contribution in [0.25, 0.3) is 4.85 Å². The molecule has 4 rings (SSSR count). The highest BCUT2D eigenvalue weighted by atomic mass is 16.5. The van der Waals surface area contributed by atoms with Crippen molar-refractivity contribution in [2.24, 2.45) is 5.41 Å². The van der Waals surface area contributed by atoms with E-state index in [0.29, 0.717) is 24.2 Å². The zero-order chi connectivity index (χ0) is 19.0. The monoisotopic (exact) mass is 361 g/mol. The SMILES string of the molecule is [C-]#[N+]c1ccc(N2CC[C@@]3(CCc4cc(C(=O)NO)ccc4C3)C2=O)cc1. The summed E-state index contributed by atoms with van der Waals surface area (Å²) in [7, 11) is 0. The van der Waals surface area contributed by atoms with E-state index in [-0.39, 0.29) is 5.91 Å². The fourth-order valence-corrected chi connectivity index (χ4v) is 4.23. The molecule has 6 nitrogen and oxygen atoms in total. The number of fused-ring (bicyclic) bond motifs is 1. The summed E-state index contributed by atoms with van der Waals surface area (Å²) in [6, 6.07) is 12.5. The molecule has 136 valence electrons. The number of anilines is 1. The summed E-state index contributed by atoms with van der Waals surface area (Å²) >= 11 is 0. The van der Waals surface area contributed by atoms with Crippen LogP contribution < -0.4 is 10.4 Å². The number of hydrogen-bond donors (Lipinski definition) is 2. The Hall–Kier alpha value is -3.17. The maximum absolute atomic E-state index is 13.2. The second kappa shape index (κ2) is 6.53. The molecule has 2 aliphatic rings. The molecule has 27 heavy (non-hydrogen) atoms. The second-order valence-corrected chi connectivity index (χ2v) is 7.22. The van der Waals surface area contributed by atoms with Crippen molar-refractivity contribution in [3.63, 3.8) is 0 Å². The van der Waals surface area contributed by atoms with E-state index in [2.05, 4.69) is 4.85 Å². The lowest BCUT2D eigenvalue weighted by atomic mass is 9.70. The minimum atomic E-state index is -0.524. The molecule has 2 aromatic carbocycles. The molecule has 1 heterocycles. The Morgan fingerprint density at radius 2 is 1.93 bits per heavy atom. The van der Waals surface area contributed by atoms with Gasteiger partial charge in [0.1, 0.15) is 0 Å². The third kappa shape index (κ3) is 2.86. The van der Waals surface area contributed by atoms with Crippen LogP contribution in [0.3, 0.4) is 0 Å². The van der Waals surface area contributed by atoms with Crippen molar-refractivity contribution in [3.05, 3.63) is 70.6 Å². The fraction of sp³-hybridized carbons (Fsp3) is 0.286. The lowest BCUT2D eigenvalue weighted by Crippen LogP contribution is -2.38. The van der Waals surface area contributed by atoms with Gasteiger partial charge in [-0.3, -0.25) is 14.8 Å². The summed E-state index contributed by atoms with van der Waals surface area (Å²) in [5.41, 5.74) is 5.24. The van der Waals surface area contributed by atoms with E-state index in [1.807, 2.05) is 23.1 Å². The third-order valence-corrected chi connectivity index (χ3v) is 5.78. The van der Waals surface area contributed by atoms with Gasteiger partial charge in [0.15, 0.2) is 5.69 Å². The van der Waals surface area contributed by atoms with E-state index in [4.69, 9.17) is 11.8 Å². The fourth-order valence-electron chi connectivity index (χ4n) is 4.23. The Morgan fingerprint density at radius 3 is 2.63 bits per heavy atom. The van der Waals surface area contributed by atoms with Gasteiger partial charge in [-0.2, -0.15) is 0 Å². The molecule has 1 spiro atoms. The van der Waals surface area contributed by atoms with Crippen molar-refractivity contribution < 1.29 is 14.8 Å². The van der Waals surface area contributed by atoms with Crippen molar-refractivity contribution >= 4 is 23.2 Å². The summed E-state index contributed by atoms with van der Waals surface area (Å²) in [6.07, 6.45) is 2.95. The van der Waals surface area contributed by atoms with Crippen LogP contribution in [0.2, 0.25) is 0 Å². The van der Waals surface area contributed by atoms with E-state index in [9.17, 15) is 9.59 Å². The summed E-state index contributed by atoms with van der Waals surface area (Å²) in [5, 5.41) is 8.80. The Balaban J connectivity index is 1.58. The van der Waals surface area contributed by atoms with E-state index in [1.54, 1.807) is 29.7 Å². The van der Waals surface area contributed by atoms with Crippen LogP contribution in [0.5, 0.6) is 0 Å². The van der Waals surface area contributed by atoms with Crippen LogP contribution >= 0.6 is 0 Å². The summed E-state index contributed by atoms with van der Waals surface area (Å²) in [4.78, 5) is 30.1. The van der Waals surface area contributed by atoms with Crippen molar-refractivity contribution in [3.8, 4) is 0 Å². The first-order valence-electron chi connectivity index (χ1n) is 8.92. The minimum absolute atomic E-state index is 0.140. The molecule has 0 unspecified atom stereocenters. The average molecular weight is 361 g/mol. The predicted molar refractivity (Wildman–Crippen MR) is 99.8 cm³/mol. The molecule has 6 heteroatoms. The topological polar surface area (TPSA) is 74.0 Å². The molecule has 0 bridgehead atoms. The third-order valence-electron chi connectivity index (χ3n) is 5.78. The molecule has 0 aromatic heterocycles. The number of nitrogens with one attached hydrogen (secondary N) is 1. The Bertz CT molecular complexity index is 962. The highest BCUT2D eigenvalue weighted by molar-refractivity contribution is 6.00. The smallest absolute Gasteiger partial charge is 0.274 e. The van der Waals surface area contributed by atoms with Gasteiger partial charge in [-0.25, -0.2) is 10.3 Å². The lowest BCUT2D eigenvalue weighted by molar-refractivity contribution is -0.126. The predicted octanol–water partition coefficient (Wildman–Crippen LogP) is 3.27. The zero-order valence-electron chi connectivity index (χ0n) is 14.7. The van der Waals surface area contributed by atoms with Gasteiger partial charge in [-0.1, -0.05) is 18.2 Å². The van der Waals surface area contributed by atoms with Crippen LogP contribution in [0.15, 0.2) is 42.5 Å². The normalized spacial score (nSPS) is 21.0. The highest BCUT2D eigenvalue weighted by Crippen LogP contribution is 2.45. The Labute approximate surface area is 157 Å². The molecule has 1 atom stereocenters. The van der Waals surface area contributed by atoms with E-state index < -0.39 is 11.3 Å². The van der Waals surface area contributed by atoms with Crippen LogP contribution in [0, 0.1) is 12.0 Å². The molecule has 2 N–H and O–H groups in total.